The molecule has 3 rings (SSSR count). The van der Waals surface area contributed by atoms with E-state index in [0.717, 1.165) is 58.4 Å². The van der Waals surface area contributed by atoms with Crippen molar-refractivity contribution in [1.29, 1.82) is 0 Å². The van der Waals surface area contributed by atoms with Gasteiger partial charge in [0, 0.05) is 45.2 Å². The van der Waals surface area contributed by atoms with Crippen molar-refractivity contribution in [3.63, 3.8) is 0 Å². The summed E-state index contributed by atoms with van der Waals surface area (Å²) < 4.78 is 1.76. The Morgan fingerprint density at radius 2 is 2.05 bits per heavy atom. The molecule has 7 heteroatoms. The van der Waals surface area contributed by atoms with Crippen molar-refractivity contribution in [2.75, 3.05) is 26.2 Å². The third-order valence-electron chi connectivity index (χ3n) is 4.82. The largest absolute Gasteiger partial charge is 0.391 e. The maximum Gasteiger partial charge on any atom is 0.222 e. The second-order valence-electron chi connectivity index (χ2n) is 6.24. The molecule has 0 spiro atoms. The van der Waals surface area contributed by atoms with Crippen molar-refractivity contribution >= 4 is 5.91 Å². The van der Waals surface area contributed by atoms with Crippen molar-refractivity contribution in [3.05, 3.63) is 12.7 Å². The molecule has 1 N–H and O–H groups in total. The fourth-order valence-electron chi connectivity index (χ4n) is 3.55. The zero-order chi connectivity index (χ0) is 15.4. The second kappa shape index (κ2) is 7.19. The molecule has 1 amide bonds. The predicted octanol–water partition coefficient (Wildman–Crippen LogP) is 0.116. The molecule has 2 atom stereocenters. The fourth-order valence-corrected chi connectivity index (χ4v) is 3.55. The van der Waals surface area contributed by atoms with Gasteiger partial charge in [-0.25, -0.2) is 4.98 Å². The van der Waals surface area contributed by atoms with E-state index in [9.17, 15) is 9.90 Å². The van der Waals surface area contributed by atoms with Crippen molar-refractivity contribution in [2.45, 2.75) is 50.8 Å². The van der Waals surface area contributed by atoms with Crippen molar-refractivity contribution in [3.8, 4) is 0 Å². The zero-order valence-corrected chi connectivity index (χ0v) is 13.0. The molecule has 0 aromatic carbocycles. The number of hydrogen-bond donors (Lipinski definition) is 1. The molecule has 1 saturated carbocycles. The summed E-state index contributed by atoms with van der Waals surface area (Å²) in [6.45, 7) is 4.07. The molecule has 1 aromatic rings. The molecule has 0 bridgehead atoms. The van der Waals surface area contributed by atoms with E-state index in [0.29, 0.717) is 12.5 Å². The highest BCUT2D eigenvalue weighted by molar-refractivity contribution is 5.76. The number of carbonyl (C=O) groups is 1. The van der Waals surface area contributed by atoms with E-state index >= 15 is 0 Å². The minimum Gasteiger partial charge on any atom is -0.391 e. The van der Waals surface area contributed by atoms with Crippen LogP contribution in [0.25, 0.3) is 0 Å². The minimum atomic E-state index is -0.176. The molecule has 2 aliphatic rings. The number of aliphatic hydroxyl groups excluding tert-OH is 1. The summed E-state index contributed by atoms with van der Waals surface area (Å²) in [4.78, 5) is 20.4. The summed E-state index contributed by atoms with van der Waals surface area (Å²) in [5.74, 6) is 0.228. The van der Waals surface area contributed by atoms with Crippen LogP contribution in [-0.4, -0.2) is 73.9 Å². The summed E-state index contributed by atoms with van der Waals surface area (Å²) in [5, 5.41) is 14.0. The Balaban J connectivity index is 1.38. The van der Waals surface area contributed by atoms with Gasteiger partial charge in [-0.3, -0.25) is 14.4 Å². The quantitative estimate of drug-likeness (QED) is 0.836. The van der Waals surface area contributed by atoms with Gasteiger partial charge in [0.2, 0.25) is 5.91 Å². The summed E-state index contributed by atoms with van der Waals surface area (Å²) in [6.07, 6.45) is 7.50. The number of aliphatic hydroxyl groups is 1. The Hall–Kier alpha value is -1.47. The number of rotatable bonds is 5. The first kappa shape index (κ1) is 15.4. The number of amides is 1. The SMILES string of the molecule is O=C(CCCn1cncn1)N1CCN([C@H]2CCC[C@@H]2O)CC1. The monoisotopic (exact) mass is 307 g/mol. The maximum absolute atomic E-state index is 12.2. The fraction of sp³-hybridized carbons (Fsp3) is 0.800. The van der Waals surface area contributed by atoms with Crippen LogP contribution < -0.4 is 0 Å². The Labute approximate surface area is 130 Å². The molecule has 122 valence electrons. The van der Waals surface area contributed by atoms with Crippen molar-refractivity contribution < 1.29 is 9.90 Å². The lowest BCUT2D eigenvalue weighted by Gasteiger charge is -2.39. The summed E-state index contributed by atoms with van der Waals surface area (Å²) in [6, 6.07) is 0.310. The van der Waals surface area contributed by atoms with E-state index in [-0.39, 0.29) is 12.0 Å². The summed E-state index contributed by atoms with van der Waals surface area (Å²) in [5.41, 5.74) is 0. The van der Waals surface area contributed by atoms with Crippen LogP contribution in [0.3, 0.4) is 0 Å². The van der Waals surface area contributed by atoms with E-state index in [1.807, 2.05) is 4.90 Å². The van der Waals surface area contributed by atoms with E-state index in [1.54, 1.807) is 11.0 Å². The van der Waals surface area contributed by atoms with Gasteiger partial charge in [-0.2, -0.15) is 5.10 Å². The average molecular weight is 307 g/mol. The Kier molecular flexibility index (Phi) is 5.04. The number of carbonyl (C=O) groups excluding carboxylic acids is 1. The molecule has 7 nitrogen and oxygen atoms in total. The summed E-state index contributed by atoms with van der Waals surface area (Å²) in [7, 11) is 0. The highest BCUT2D eigenvalue weighted by Crippen LogP contribution is 2.25. The van der Waals surface area contributed by atoms with E-state index < -0.39 is 0 Å². The first-order valence-electron chi connectivity index (χ1n) is 8.26. The lowest BCUT2D eigenvalue weighted by molar-refractivity contribution is -0.133. The average Bonchev–Trinajstić information content (AvgIpc) is 3.19. The van der Waals surface area contributed by atoms with E-state index in [2.05, 4.69) is 15.0 Å². The number of aromatic nitrogens is 3. The van der Waals surface area contributed by atoms with E-state index in [1.165, 1.54) is 6.33 Å². The molecular formula is C15H25N5O2. The van der Waals surface area contributed by atoms with Crippen LogP contribution in [-0.2, 0) is 11.3 Å². The van der Waals surface area contributed by atoms with Gasteiger partial charge < -0.3 is 10.0 Å². The molecule has 0 unspecified atom stereocenters. The predicted molar refractivity (Wildman–Crippen MR) is 81.1 cm³/mol. The topological polar surface area (TPSA) is 74.5 Å². The van der Waals surface area contributed by atoms with Gasteiger partial charge in [-0.15, -0.1) is 0 Å². The number of piperazine rings is 1. The number of hydrogen-bond acceptors (Lipinski definition) is 5. The lowest BCUT2D eigenvalue weighted by Crippen LogP contribution is -2.53. The third-order valence-corrected chi connectivity index (χ3v) is 4.82. The summed E-state index contributed by atoms with van der Waals surface area (Å²) >= 11 is 0. The molecule has 2 heterocycles. The van der Waals surface area contributed by atoms with Gasteiger partial charge in [-0.1, -0.05) is 0 Å². The van der Waals surface area contributed by atoms with Gasteiger partial charge in [0.15, 0.2) is 0 Å². The number of aryl methyl sites for hydroxylation is 1. The van der Waals surface area contributed by atoms with Crippen LogP contribution in [0.5, 0.6) is 0 Å². The molecular weight excluding hydrogens is 282 g/mol. The van der Waals surface area contributed by atoms with Crippen molar-refractivity contribution in [2.24, 2.45) is 0 Å². The lowest BCUT2D eigenvalue weighted by atomic mass is 10.1. The second-order valence-corrected chi connectivity index (χ2v) is 6.24. The van der Waals surface area contributed by atoms with E-state index in [4.69, 9.17) is 0 Å². The highest BCUT2D eigenvalue weighted by Gasteiger charge is 2.33. The Bertz CT molecular complexity index is 470. The highest BCUT2D eigenvalue weighted by atomic mass is 16.3. The third kappa shape index (κ3) is 3.64. The van der Waals surface area contributed by atoms with Crippen LogP contribution >= 0.6 is 0 Å². The van der Waals surface area contributed by atoms with Crippen LogP contribution in [0.2, 0.25) is 0 Å². The first-order valence-corrected chi connectivity index (χ1v) is 8.26. The Morgan fingerprint density at radius 3 is 2.68 bits per heavy atom. The van der Waals surface area contributed by atoms with Crippen LogP contribution in [0, 0.1) is 0 Å². The molecule has 1 aromatic heterocycles. The van der Waals surface area contributed by atoms with Gasteiger partial charge in [0.1, 0.15) is 12.7 Å². The Morgan fingerprint density at radius 1 is 1.23 bits per heavy atom. The molecule has 1 aliphatic carbocycles. The van der Waals surface area contributed by atoms with Gasteiger partial charge in [0.05, 0.1) is 6.10 Å². The smallest absolute Gasteiger partial charge is 0.222 e. The minimum absolute atomic E-state index is 0.176. The van der Waals surface area contributed by atoms with Crippen LogP contribution in [0.1, 0.15) is 32.1 Å². The first-order chi connectivity index (χ1) is 10.7. The molecule has 2 fully saturated rings. The maximum atomic E-state index is 12.2. The molecule has 22 heavy (non-hydrogen) atoms. The van der Waals surface area contributed by atoms with Crippen LogP contribution in [0.15, 0.2) is 12.7 Å². The normalized spacial score (nSPS) is 26.5. The molecule has 1 saturated heterocycles. The zero-order valence-electron chi connectivity index (χ0n) is 13.0. The molecule has 0 radical (unpaired) electrons. The van der Waals surface area contributed by atoms with Gasteiger partial charge in [-0.05, 0) is 25.7 Å². The van der Waals surface area contributed by atoms with Gasteiger partial charge >= 0.3 is 0 Å². The molecule has 1 aliphatic heterocycles. The van der Waals surface area contributed by atoms with Crippen LogP contribution in [0.4, 0.5) is 0 Å². The van der Waals surface area contributed by atoms with Crippen molar-refractivity contribution in [1.82, 2.24) is 24.6 Å². The van der Waals surface area contributed by atoms with Gasteiger partial charge in [0.25, 0.3) is 0 Å². The standard InChI is InChI=1S/C15H25N5O2/c21-14-4-1-3-13(14)18-7-9-19(10-8-18)15(22)5-2-6-20-12-16-11-17-20/h11-14,21H,1-10H2/t13-,14-/m0/s1. The number of nitrogens with zero attached hydrogens (tertiary/aromatic N) is 5.